The Bertz CT molecular complexity index is 5100. The summed E-state index contributed by atoms with van der Waals surface area (Å²) in [5.41, 5.74) is 4.69. The average molecular weight is 1540 g/mol. The van der Waals surface area contributed by atoms with Crippen LogP contribution in [0.25, 0.3) is 114 Å². The summed E-state index contributed by atoms with van der Waals surface area (Å²) in [5.74, 6) is -2.99. The van der Waals surface area contributed by atoms with Crippen LogP contribution in [0.5, 0.6) is 0 Å². The third kappa shape index (κ3) is 21.5. The fraction of sp³-hybridized carbons (Fsp3) is 0. The third-order valence-electron chi connectivity index (χ3n) is 15.6. The second-order valence-corrected chi connectivity index (χ2v) is 23.9. The Labute approximate surface area is 646 Å². The van der Waals surface area contributed by atoms with Crippen LogP contribution in [0, 0.1) is 46.5 Å². The second kappa shape index (κ2) is 39.2. The van der Waals surface area contributed by atoms with E-state index in [-0.39, 0.29) is 33.3 Å². The summed E-state index contributed by atoms with van der Waals surface area (Å²) in [6.45, 7) is 0. The minimum Gasteiger partial charge on any atom is -0.423 e. The van der Waals surface area contributed by atoms with Crippen LogP contribution in [0.2, 0.25) is 10.6 Å². The molecule has 0 aliphatic heterocycles. The Morgan fingerprint density at radius 3 is 0.473 bits per heavy atom. The maximum Gasteiger partial charge on any atom is 0.494 e. The minimum absolute atomic E-state index is 0.0340. The van der Waals surface area contributed by atoms with E-state index in [4.69, 9.17) is 43.3 Å². The van der Waals surface area contributed by atoms with E-state index in [2.05, 4.69) is 59.8 Å². The van der Waals surface area contributed by atoms with Crippen LogP contribution < -0.4 is 10.9 Å². The summed E-state index contributed by atoms with van der Waals surface area (Å²) in [4.78, 5) is 51.9. The molecule has 4 N–H and O–H groups in total. The first-order valence-corrected chi connectivity index (χ1v) is 34.4. The molecule has 0 saturated heterocycles. The SMILES string of the molecule is Clc1nc(-c2ccccc2)nc(-c2ccccc2)n1.Clc1nc(-c2ccccc2)nc(-c2ccccc2)n1.Fc1cccc(F)c1-c1nc(-c2ccccc2)nc(-c2ccccc2)n1.Fc1cccc(F)c1-c1nc(-c2ccccc2)nc(-c2ccccc2)n1.OB(O)c1c(F)cccc1F.OB(O)c1c(F)cccc1F. The van der Waals surface area contributed by atoms with Crippen LogP contribution in [0.1, 0.15) is 0 Å². The fourth-order valence-corrected chi connectivity index (χ4v) is 10.7. The van der Waals surface area contributed by atoms with E-state index in [9.17, 15) is 35.1 Å². The zero-order chi connectivity index (χ0) is 78.9. The lowest BCUT2D eigenvalue weighted by atomic mass is 9.79. The molecule has 12 aromatic carbocycles. The quantitative estimate of drug-likeness (QED) is 0.0657. The highest BCUT2D eigenvalue weighted by Crippen LogP contribution is 2.31. The number of nitrogens with zero attached hydrogens (tertiary/aromatic N) is 12. The molecule has 0 atom stereocenters. The van der Waals surface area contributed by atoms with Crippen molar-refractivity contribution < 1.29 is 55.2 Å². The van der Waals surface area contributed by atoms with Gasteiger partial charge in [-0.05, 0) is 71.7 Å². The standard InChI is InChI=1S/2C21H13F2N3.2C15H10ClN3.2C6H5BF2O2/c2*22-16-12-7-13-17(23)18(16)21-25-19(14-8-3-1-4-9-14)24-20(26-21)15-10-5-2-6-11-15;2*16-15-18-13(11-7-3-1-4-8-11)17-14(19-15)12-9-5-2-6-10-12;2*8-4-2-1-3-5(9)6(4)7(10)11/h2*1-13H;2*1-10H;2*1-3,10-11H. The first kappa shape index (κ1) is 79.7. The Kier molecular flexibility index (Phi) is 27.9. The third-order valence-corrected chi connectivity index (χ3v) is 16.0. The van der Waals surface area contributed by atoms with Gasteiger partial charge in [0.1, 0.15) is 46.5 Å². The molecule has 16 rings (SSSR count). The van der Waals surface area contributed by atoms with Gasteiger partial charge in [-0.25, -0.2) is 75.0 Å². The van der Waals surface area contributed by atoms with Crippen molar-refractivity contribution in [3.63, 3.8) is 0 Å². The summed E-state index contributed by atoms with van der Waals surface area (Å²) in [6.07, 6.45) is 0. The topological polar surface area (TPSA) is 236 Å². The van der Waals surface area contributed by atoms with E-state index in [0.717, 1.165) is 80.9 Å². The molecule has 0 aliphatic carbocycles. The number of hydrogen-bond acceptors (Lipinski definition) is 16. The Hall–Kier alpha value is -13.3. The molecule has 0 fully saturated rings. The summed E-state index contributed by atoms with van der Waals surface area (Å²) in [5, 5.41) is 34.2. The molecule has 4 heterocycles. The Morgan fingerprint density at radius 1 is 0.179 bits per heavy atom. The molecule has 0 unspecified atom stereocenters. The summed E-state index contributed by atoms with van der Waals surface area (Å²) in [6, 6.07) is 89.4. The average Bonchev–Trinajstić information content (AvgIpc) is 0.794. The number of benzene rings is 12. The second-order valence-electron chi connectivity index (χ2n) is 23.3. The Morgan fingerprint density at radius 2 is 0.321 bits per heavy atom. The number of rotatable bonds is 12. The van der Waals surface area contributed by atoms with Crippen molar-refractivity contribution >= 4 is 48.4 Å². The number of aromatic nitrogens is 12. The highest BCUT2D eigenvalue weighted by atomic mass is 35.5. The molecule has 28 heteroatoms. The first-order chi connectivity index (χ1) is 54.3. The van der Waals surface area contributed by atoms with Crippen molar-refractivity contribution in [3.8, 4) is 114 Å². The smallest absolute Gasteiger partial charge is 0.423 e. The molecule has 0 spiro atoms. The van der Waals surface area contributed by atoms with Gasteiger partial charge in [-0.15, -0.1) is 0 Å². The van der Waals surface area contributed by atoms with Gasteiger partial charge >= 0.3 is 14.2 Å². The molecule has 552 valence electrons. The minimum atomic E-state index is -2.10. The zero-order valence-corrected chi connectivity index (χ0v) is 59.6. The zero-order valence-electron chi connectivity index (χ0n) is 58.1. The van der Waals surface area contributed by atoms with E-state index in [1.807, 2.05) is 243 Å². The van der Waals surface area contributed by atoms with Gasteiger partial charge in [-0.3, -0.25) is 0 Å². The van der Waals surface area contributed by atoms with Crippen molar-refractivity contribution in [2.75, 3.05) is 0 Å². The van der Waals surface area contributed by atoms with Gasteiger partial charge in [-0.2, -0.15) is 19.9 Å². The normalized spacial score (nSPS) is 10.4. The molecule has 16 aromatic rings. The van der Waals surface area contributed by atoms with Crippen molar-refractivity contribution in [2.45, 2.75) is 0 Å². The largest absolute Gasteiger partial charge is 0.494 e. The molecule has 0 aliphatic rings. The van der Waals surface area contributed by atoms with Gasteiger partial charge in [0.25, 0.3) is 0 Å². The van der Waals surface area contributed by atoms with Crippen LogP contribution in [0.4, 0.5) is 35.1 Å². The van der Waals surface area contributed by atoms with Crippen LogP contribution in [-0.2, 0) is 0 Å². The van der Waals surface area contributed by atoms with Gasteiger partial charge in [0.15, 0.2) is 58.2 Å². The van der Waals surface area contributed by atoms with Crippen LogP contribution >= 0.6 is 23.2 Å². The molecular formula is C84H56B2Cl2F8N12O4. The monoisotopic (exact) mass is 1540 g/mol. The summed E-state index contributed by atoms with van der Waals surface area (Å²) in [7, 11) is -4.20. The number of halogens is 10. The lowest BCUT2D eigenvalue weighted by Gasteiger charge is -2.09. The van der Waals surface area contributed by atoms with Gasteiger partial charge in [0.05, 0.1) is 22.1 Å². The van der Waals surface area contributed by atoms with E-state index in [1.54, 1.807) is 0 Å². The predicted molar refractivity (Wildman–Crippen MR) is 416 cm³/mol. The Balaban J connectivity index is 0.000000137. The molecule has 0 bridgehead atoms. The van der Waals surface area contributed by atoms with Gasteiger partial charge in [0, 0.05) is 44.5 Å². The molecular weight excluding hydrogens is 1490 g/mol. The fourth-order valence-electron chi connectivity index (χ4n) is 10.3. The van der Waals surface area contributed by atoms with Crippen molar-refractivity contribution in [1.29, 1.82) is 0 Å². The van der Waals surface area contributed by atoms with Crippen molar-refractivity contribution in [1.82, 2.24) is 59.8 Å². The van der Waals surface area contributed by atoms with Crippen molar-refractivity contribution in [2.24, 2.45) is 0 Å². The highest BCUT2D eigenvalue weighted by molar-refractivity contribution is 6.59. The van der Waals surface area contributed by atoms with Crippen LogP contribution in [0.3, 0.4) is 0 Å². The number of hydrogen-bond donors (Lipinski definition) is 4. The van der Waals surface area contributed by atoms with Gasteiger partial charge in [-0.1, -0.05) is 267 Å². The first-order valence-electron chi connectivity index (χ1n) is 33.6. The summed E-state index contributed by atoms with van der Waals surface area (Å²) >= 11 is 12.0. The molecule has 4 aromatic heterocycles. The maximum absolute atomic E-state index is 14.3. The van der Waals surface area contributed by atoms with E-state index in [1.165, 1.54) is 36.4 Å². The van der Waals surface area contributed by atoms with Crippen molar-refractivity contribution in [3.05, 3.63) is 373 Å². The lowest BCUT2D eigenvalue weighted by molar-refractivity contribution is 0.418. The molecule has 0 radical (unpaired) electrons. The molecule has 0 saturated carbocycles. The van der Waals surface area contributed by atoms with Crippen LogP contribution in [0.15, 0.2) is 315 Å². The summed E-state index contributed by atoms with van der Waals surface area (Å²) < 4.78 is 107. The van der Waals surface area contributed by atoms with E-state index >= 15 is 0 Å². The lowest BCUT2D eigenvalue weighted by Crippen LogP contribution is -2.35. The molecule has 0 amide bonds. The van der Waals surface area contributed by atoms with E-state index in [0.29, 0.717) is 46.6 Å². The predicted octanol–water partition coefficient (Wildman–Crippen LogP) is 17.3. The highest BCUT2D eigenvalue weighted by Gasteiger charge is 2.24. The van der Waals surface area contributed by atoms with Gasteiger partial charge < -0.3 is 20.1 Å². The molecule has 16 nitrogen and oxygen atoms in total. The van der Waals surface area contributed by atoms with Gasteiger partial charge in [0.2, 0.25) is 10.6 Å². The van der Waals surface area contributed by atoms with Crippen LogP contribution in [-0.4, -0.2) is 94.1 Å². The molecule has 112 heavy (non-hydrogen) atoms. The maximum atomic E-state index is 14.3. The van der Waals surface area contributed by atoms with E-state index < -0.39 is 71.7 Å².